The minimum absolute atomic E-state index is 0.0371. The summed E-state index contributed by atoms with van der Waals surface area (Å²) in [5, 5.41) is 20.9. The van der Waals surface area contributed by atoms with Gasteiger partial charge in [0, 0.05) is 30.3 Å². The molecule has 2 aromatic carbocycles. The van der Waals surface area contributed by atoms with Gasteiger partial charge in [0.05, 0.1) is 37.0 Å². The smallest absolute Gasteiger partial charge is 0.375 e. The van der Waals surface area contributed by atoms with E-state index >= 15 is 0 Å². The first kappa shape index (κ1) is 30.2. The first-order chi connectivity index (χ1) is 21.5. The maximum Gasteiger partial charge on any atom is 0.416 e. The molecule has 0 atom stereocenters. The summed E-state index contributed by atoms with van der Waals surface area (Å²) in [7, 11) is 1.78. The molecule has 0 unspecified atom stereocenters. The van der Waals surface area contributed by atoms with Gasteiger partial charge < -0.3 is 20.4 Å². The van der Waals surface area contributed by atoms with E-state index < -0.39 is 23.2 Å². The van der Waals surface area contributed by atoms with Crippen molar-refractivity contribution in [2.24, 2.45) is 12.8 Å². The first-order valence-corrected chi connectivity index (χ1v) is 14.6. The Balaban J connectivity index is 1.39. The number of nitrogens with two attached hydrogens (primary N) is 1. The number of aryl methyl sites for hydroxylation is 1. The fraction of sp³-hybridized carbons (Fsp3) is 0.344. The predicted molar refractivity (Wildman–Crippen MR) is 161 cm³/mol. The lowest BCUT2D eigenvalue weighted by Gasteiger charge is -2.37. The molecule has 0 saturated heterocycles. The topological polar surface area (TPSA) is 135 Å². The Hall–Kier alpha value is -4.80. The normalized spacial score (nSPS) is 15.5. The van der Waals surface area contributed by atoms with Crippen LogP contribution in [0.5, 0.6) is 0 Å². The number of nitriles is 1. The third-order valence-corrected chi connectivity index (χ3v) is 8.27. The number of fused-ring (bicyclic) bond motifs is 1. The Morgan fingerprint density at radius 3 is 2.58 bits per heavy atom. The van der Waals surface area contributed by atoms with Gasteiger partial charge in [0.1, 0.15) is 18.0 Å². The maximum atomic E-state index is 14.3. The van der Waals surface area contributed by atoms with Gasteiger partial charge >= 0.3 is 6.18 Å². The number of aromatic nitrogens is 4. The summed E-state index contributed by atoms with van der Waals surface area (Å²) in [6, 6.07) is 13.2. The number of hydrogen-bond donors (Lipinski definition) is 2. The van der Waals surface area contributed by atoms with Crippen molar-refractivity contribution in [1.82, 2.24) is 19.7 Å². The van der Waals surface area contributed by atoms with E-state index in [1.807, 2.05) is 6.92 Å². The lowest BCUT2D eigenvalue weighted by Crippen LogP contribution is -2.50. The molecule has 2 aromatic heterocycles. The summed E-state index contributed by atoms with van der Waals surface area (Å²) in [6.45, 7) is 2.24. The van der Waals surface area contributed by atoms with Gasteiger partial charge in [0.2, 0.25) is 0 Å². The van der Waals surface area contributed by atoms with Crippen LogP contribution in [0.3, 0.4) is 0 Å². The lowest BCUT2D eigenvalue weighted by atomic mass is 9.78. The van der Waals surface area contributed by atoms with Crippen LogP contribution in [-0.2, 0) is 31.1 Å². The van der Waals surface area contributed by atoms with Crippen LogP contribution in [0, 0.1) is 11.3 Å². The molecule has 13 heteroatoms. The molecule has 3 N–H and O–H groups in total. The van der Waals surface area contributed by atoms with E-state index in [-0.39, 0.29) is 42.3 Å². The number of carbonyl (C=O) groups excluding carboxylic acids is 1. The second-order valence-corrected chi connectivity index (χ2v) is 11.5. The number of alkyl halides is 3. The molecule has 2 aliphatic rings. The number of carbonyl (C=O) groups is 1. The first-order valence-electron chi connectivity index (χ1n) is 14.6. The van der Waals surface area contributed by atoms with Crippen LogP contribution < -0.4 is 16.0 Å². The molecule has 1 amide bonds. The summed E-state index contributed by atoms with van der Waals surface area (Å²) >= 11 is 0. The summed E-state index contributed by atoms with van der Waals surface area (Å²) in [4.78, 5) is 19.7. The van der Waals surface area contributed by atoms with Crippen molar-refractivity contribution >= 4 is 17.5 Å². The van der Waals surface area contributed by atoms with Gasteiger partial charge in [0.15, 0.2) is 5.82 Å². The second kappa shape index (κ2) is 11.6. The van der Waals surface area contributed by atoms with Crippen molar-refractivity contribution in [2.45, 2.75) is 51.1 Å². The fourth-order valence-electron chi connectivity index (χ4n) is 5.80. The molecule has 0 radical (unpaired) electrons. The van der Waals surface area contributed by atoms with Gasteiger partial charge in [-0.1, -0.05) is 6.07 Å². The van der Waals surface area contributed by atoms with Crippen LogP contribution in [0.1, 0.15) is 58.8 Å². The van der Waals surface area contributed by atoms with Crippen molar-refractivity contribution < 1.29 is 22.7 Å². The van der Waals surface area contributed by atoms with E-state index in [1.165, 1.54) is 11.0 Å². The molecule has 3 heterocycles. The van der Waals surface area contributed by atoms with Gasteiger partial charge in [-0.2, -0.15) is 18.4 Å². The van der Waals surface area contributed by atoms with Crippen LogP contribution in [-0.4, -0.2) is 44.3 Å². The maximum absolute atomic E-state index is 14.3. The number of nitrogens with one attached hydrogen (secondary N) is 1. The zero-order chi connectivity index (χ0) is 31.9. The zero-order valence-corrected chi connectivity index (χ0v) is 24.8. The molecule has 10 nitrogen and oxygen atoms in total. The number of halogens is 3. The zero-order valence-electron chi connectivity index (χ0n) is 24.8. The molecule has 4 aromatic rings. The van der Waals surface area contributed by atoms with Crippen molar-refractivity contribution in [2.75, 3.05) is 23.4 Å². The fourth-order valence-corrected chi connectivity index (χ4v) is 5.80. The molecule has 232 valence electrons. The monoisotopic (exact) mass is 616 g/mol. The highest BCUT2D eigenvalue weighted by atomic mass is 19.4. The molecule has 0 spiro atoms. The summed E-state index contributed by atoms with van der Waals surface area (Å²) in [5.41, 5.74) is 7.33. The largest absolute Gasteiger partial charge is 0.416 e. The summed E-state index contributed by atoms with van der Waals surface area (Å²) in [5.74, 6) is 0.530. The highest BCUT2D eigenvalue weighted by Gasteiger charge is 2.41. The number of anilines is 2. The Morgan fingerprint density at radius 1 is 1.13 bits per heavy atom. The van der Waals surface area contributed by atoms with E-state index in [4.69, 9.17) is 10.5 Å². The quantitative estimate of drug-likeness (QED) is 0.254. The lowest BCUT2D eigenvalue weighted by molar-refractivity contribution is -0.138. The van der Waals surface area contributed by atoms with E-state index in [2.05, 4.69) is 26.6 Å². The number of benzene rings is 2. The van der Waals surface area contributed by atoms with E-state index in [1.54, 1.807) is 48.3 Å². The number of hydrogen-bond acceptors (Lipinski definition) is 8. The highest BCUT2D eigenvalue weighted by molar-refractivity contribution is 6.10. The Bertz CT molecular complexity index is 1820. The average molecular weight is 617 g/mol. The predicted octanol–water partition coefficient (Wildman–Crippen LogP) is 5.42. The van der Waals surface area contributed by atoms with Gasteiger partial charge in [-0.25, -0.2) is 4.98 Å². The Labute approximate surface area is 257 Å². The molecule has 6 rings (SSSR count). The van der Waals surface area contributed by atoms with Gasteiger partial charge in [-0.05, 0) is 84.8 Å². The van der Waals surface area contributed by atoms with Crippen LogP contribution in [0.2, 0.25) is 0 Å². The van der Waals surface area contributed by atoms with Crippen LogP contribution in [0.25, 0.3) is 22.5 Å². The Kier molecular flexibility index (Phi) is 7.80. The van der Waals surface area contributed by atoms with E-state index in [9.17, 15) is 23.2 Å². The van der Waals surface area contributed by atoms with E-state index in [0.717, 1.165) is 25.3 Å². The minimum Gasteiger partial charge on any atom is -0.375 e. The average Bonchev–Trinajstić information content (AvgIpc) is 3.57. The van der Waals surface area contributed by atoms with Crippen LogP contribution in [0.4, 0.5) is 24.8 Å². The third-order valence-electron chi connectivity index (χ3n) is 8.27. The van der Waals surface area contributed by atoms with Crippen molar-refractivity contribution in [3.8, 4) is 28.6 Å². The van der Waals surface area contributed by atoms with Gasteiger partial charge in [-0.15, -0.1) is 10.2 Å². The molecule has 1 saturated carbocycles. The van der Waals surface area contributed by atoms with Crippen molar-refractivity contribution in [1.29, 1.82) is 5.26 Å². The summed E-state index contributed by atoms with van der Waals surface area (Å²) < 4.78 is 50.4. The SMILES string of the molecule is CCNc1cc(-c2ccc(C#N)cc2-c2nncn2C)cc(N2Cc3c(cc(COCC4(N)CCC4)cc3C(F)(F)F)C2=O)n1. The molecule has 45 heavy (non-hydrogen) atoms. The van der Waals surface area contributed by atoms with Crippen molar-refractivity contribution in [3.05, 3.63) is 76.6 Å². The molecule has 1 fully saturated rings. The number of ether oxygens (including phenoxy) is 1. The standard InChI is InChI=1S/C32H31F3N8O2/c1-3-38-27-12-21(22-6-5-19(14-36)9-23(22)29-41-39-18-42(29)2)13-28(40-27)43-15-25-24(30(43)44)10-20(11-26(25)32(33,34)35)16-45-17-31(37)7-4-8-31/h5-6,9-13,18H,3-4,7-8,15-17,37H2,1-2H3,(H,38,40). The van der Waals surface area contributed by atoms with Gasteiger partial charge in [-0.3, -0.25) is 9.69 Å². The Morgan fingerprint density at radius 2 is 1.93 bits per heavy atom. The van der Waals surface area contributed by atoms with Crippen LogP contribution >= 0.6 is 0 Å². The third kappa shape index (κ3) is 5.86. The molecule has 1 aliphatic carbocycles. The van der Waals surface area contributed by atoms with Crippen molar-refractivity contribution in [3.63, 3.8) is 0 Å². The molecular weight excluding hydrogens is 585 g/mol. The molecule has 1 aliphatic heterocycles. The number of pyridine rings is 1. The van der Waals surface area contributed by atoms with Gasteiger partial charge in [0.25, 0.3) is 5.91 Å². The second-order valence-electron chi connectivity index (χ2n) is 11.5. The molecular formula is C32H31F3N8O2. The number of amides is 1. The molecule has 0 bridgehead atoms. The minimum atomic E-state index is -4.68. The van der Waals surface area contributed by atoms with E-state index in [0.29, 0.717) is 40.4 Å². The number of nitrogens with zero attached hydrogens (tertiary/aromatic N) is 6. The highest BCUT2D eigenvalue weighted by Crippen LogP contribution is 2.41. The number of rotatable bonds is 9. The summed E-state index contributed by atoms with van der Waals surface area (Å²) in [6.07, 6.45) is -0.529. The van der Waals surface area contributed by atoms with Crippen LogP contribution in [0.15, 0.2) is 48.8 Å².